The molecule has 1 heterocycles. The number of benzene rings is 2. The molecule has 1 N–H and O–H groups in total. The van der Waals surface area contributed by atoms with Crippen molar-refractivity contribution < 1.29 is 4.74 Å². The minimum absolute atomic E-state index is 0. The van der Waals surface area contributed by atoms with Crippen LogP contribution in [0.25, 0.3) is 0 Å². The molecule has 2 aromatic carbocycles. The molecule has 0 aromatic heterocycles. The van der Waals surface area contributed by atoms with E-state index in [2.05, 4.69) is 22.4 Å². The van der Waals surface area contributed by atoms with Gasteiger partial charge < -0.3 is 10.1 Å². The third-order valence-electron chi connectivity index (χ3n) is 3.05. The Kier molecular flexibility index (Phi) is 5.02. The van der Waals surface area contributed by atoms with Crippen LogP contribution in [0.15, 0.2) is 59.6 Å². The van der Waals surface area contributed by atoms with Gasteiger partial charge in [-0.3, -0.25) is 4.99 Å². The molecule has 0 saturated carbocycles. The van der Waals surface area contributed by atoms with E-state index in [9.17, 15) is 0 Å². The molecule has 0 atom stereocenters. The summed E-state index contributed by atoms with van der Waals surface area (Å²) >= 11 is 0. The molecule has 0 radical (unpaired) electrons. The fraction of sp³-hybridized carbons (Fsp3) is 0.188. The van der Waals surface area contributed by atoms with Gasteiger partial charge in [-0.05, 0) is 17.7 Å². The summed E-state index contributed by atoms with van der Waals surface area (Å²) < 4.78 is 5.91. The van der Waals surface area contributed by atoms with Gasteiger partial charge in [0.25, 0.3) is 0 Å². The van der Waals surface area contributed by atoms with Crippen LogP contribution in [0, 0.1) is 0 Å². The zero-order valence-corrected chi connectivity index (χ0v) is 11.9. The lowest BCUT2D eigenvalue weighted by molar-refractivity contribution is 0.305. The van der Waals surface area contributed by atoms with Crippen molar-refractivity contribution in [1.82, 2.24) is 5.32 Å². The lowest BCUT2D eigenvalue weighted by Crippen LogP contribution is -2.20. The smallest absolute Gasteiger partial charge is 0.132 e. The van der Waals surface area contributed by atoms with Crippen molar-refractivity contribution in [3.05, 3.63) is 65.7 Å². The zero-order valence-electron chi connectivity index (χ0n) is 11.1. The van der Waals surface area contributed by atoms with Crippen LogP contribution < -0.4 is 10.1 Å². The molecule has 3 nitrogen and oxygen atoms in total. The van der Waals surface area contributed by atoms with E-state index >= 15 is 0 Å². The quantitative estimate of drug-likeness (QED) is 0.938. The van der Waals surface area contributed by atoms with E-state index in [0.717, 1.165) is 30.2 Å². The van der Waals surface area contributed by atoms with Crippen LogP contribution in [0.4, 0.5) is 0 Å². The molecule has 0 amide bonds. The van der Waals surface area contributed by atoms with Crippen molar-refractivity contribution in [2.75, 3.05) is 13.1 Å². The number of aliphatic imine (C=N–C) groups is 1. The molecule has 0 bridgehead atoms. The van der Waals surface area contributed by atoms with Gasteiger partial charge in [-0.25, -0.2) is 0 Å². The summed E-state index contributed by atoms with van der Waals surface area (Å²) in [5.41, 5.74) is 2.20. The molecule has 4 heteroatoms. The maximum atomic E-state index is 5.91. The van der Waals surface area contributed by atoms with E-state index in [-0.39, 0.29) is 12.4 Å². The van der Waals surface area contributed by atoms with Crippen LogP contribution in [0.5, 0.6) is 5.75 Å². The number of halogens is 1. The Morgan fingerprint density at radius 3 is 2.50 bits per heavy atom. The van der Waals surface area contributed by atoms with E-state index < -0.39 is 0 Å². The molecule has 0 unspecified atom stereocenters. The highest BCUT2D eigenvalue weighted by Gasteiger charge is 2.12. The van der Waals surface area contributed by atoms with Crippen LogP contribution >= 0.6 is 12.4 Å². The first-order valence-electron chi connectivity index (χ1n) is 6.48. The number of ether oxygens (including phenoxy) is 1. The average Bonchev–Trinajstić information content (AvgIpc) is 3.01. The normalized spacial score (nSPS) is 13.1. The van der Waals surface area contributed by atoms with Gasteiger partial charge in [0.15, 0.2) is 0 Å². The minimum Gasteiger partial charge on any atom is -0.488 e. The van der Waals surface area contributed by atoms with Crippen molar-refractivity contribution in [2.45, 2.75) is 6.61 Å². The summed E-state index contributed by atoms with van der Waals surface area (Å²) in [6.45, 7) is 2.32. The molecule has 20 heavy (non-hydrogen) atoms. The van der Waals surface area contributed by atoms with Crippen LogP contribution in [0.1, 0.15) is 11.1 Å². The molecule has 1 aliphatic heterocycles. The Balaban J connectivity index is 0.00000147. The number of nitrogens with zero attached hydrogens (tertiary/aromatic N) is 1. The van der Waals surface area contributed by atoms with Gasteiger partial charge >= 0.3 is 0 Å². The van der Waals surface area contributed by atoms with Gasteiger partial charge in [-0.15, -0.1) is 12.4 Å². The van der Waals surface area contributed by atoms with Crippen LogP contribution in [-0.4, -0.2) is 18.9 Å². The predicted molar refractivity (Wildman–Crippen MR) is 83.9 cm³/mol. The number of nitrogens with one attached hydrogen (secondary N) is 1. The lowest BCUT2D eigenvalue weighted by atomic mass is 10.2. The SMILES string of the molecule is Cl.c1ccc(COc2ccccc2C2=NCCN2)cc1. The number of hydrogen-bond donors (Lipinski definition) is 1. The minimum atomic E-state index is 0. The molecule has 0 fully saturated rings. The van der Waals surface area contributed by atoms with Crippen molar-refractivity contribution in [3.63, 3.8) is 0 Å². The molecule has 0 aliphatic carbocycles. The second kappa shape index (κ2) is 6.96. The second-order valence-electron chi connectivity index (χ2n) is 4.43. The zero-order chi connectivity index (χ0) is 12.9. The van der Waals surface area contributed by atoms with Crippen molar-refractivity contribution in [1.29, 1.82) is 0 Å². The Bertz CT molecular complexity index is 584. The Labute approximate surface area is 125 Å². The number of rotatable bonds is 4. The van der Waals surface area contributed by atoms with Gasteiger partial charge in [0.1, 0.15) is 18.2 Å². The van der Waals surface area contributed by atoms with Gasteiger partial charge in [0.05, 0.1) is 12.1 Å². The predicted octanol–water partition coefficient (Wildman–Crippen LogP) is 3.04. The molecule has 1 aliphatic rings. The molecule has 3 rings (SSSR count). The summed E-state index contributed by atoms with van der Waals surface area (Å²) in [5, 5.41) is 3.28. The van der Waals surface area contributed by atoms with Crippen molar-refractivity contribution in [3.8, 4) is 5.75 Å². The van der Waals surface area contributed by atoms with Crippen LogP contribution in [0.2, 0.25) is 0 Å². The summed E-state index contributed by atoms with van der Waals surface area (Å²) in [6, 6.07) is 18.2. The van der Waals surface area contributed by atoms with Crippen molar-refractivity contribution in [2.24, 2.45) is 4.99 Å². The molecule has 2 aromatic rings. The number of hydrogen-bond acceptors (Lipinski definition) is 3. The van der Waals surface area contributed by atoms with E-state index in [0.29, 0.717) is 6.61 Å². The first-order chi connectivity index (χ1) is 9.43. The largest absolute Gasteiger partial charge is 0.488 e. The topological polar surface area (TPSA) is 33.6 Å². The van der Waals surface area contributed by atoms with E-state index in [4.69, 9.17) is 4.74 Å². The highest BCUT2D eigenvalue weighted by Crippen LogP contribution is 2.20. The molecular formula is C16H17ClN2O. The highest BCUT2D eigenvalue weighted by atomic mass is 35.5. The van der Waals surface area contributed by atoms with Gasteiger partial charge in [0.2, 0.25) is 0 Å². The van der Waals surface area contributed by atoms with Crippen molar-refractivity contribution >= 4 is 18.2 Å². The second-order valence-corrected chi connectivity index (χ2v) is 4.43. The maximum absolute atomic E-state index is 5.91. The summed E-state index contributed by atoms with van der Waals surface area (Å²) in [7, 11) is 0. The standard InChI is InChI=1S/C16H16N2O.ClH/c1-2-6-13(7-3-1)12-19-15-9-5-4-8-14(15)16-17-10-11-18-16;/h1-9H,10-12H2,(H,17,18);1H. The monoisotopic (exact) mass is 288 g/mol. The molecule has 104 valence electrons. The van der Waals surface area contributed by atoms with E-state index in [1.165, 1.54) is 5.56 Å². The van der Waals surface area contributed by atoms with E-state index in [1.54, 1.807) is 0 Å². The van der Waals surface area contributed by atoms with Gasteiger partial charge in [-0.1, -0.05) is 42.5 Å². The molecule has 0 saturated heterocycles. The Hall–Kier alpha value is -2.00. The first-order valence-corrected chi connectivity index (χ1v) is 6.48. The number of para-hydroxylation sites is 1. The van der Waals surface area contributed by atoms with Gasteiger partial charge in [0, 0.05) is 6.54 Å². The Morgan fingerprint density at radius 2 is 1.75 bits per heavy atom. The fourth-order valence-electron chi connectivity index (χ4n) is 2.10. The molecule has 0 spiro atoms. The Morgan fingerprint density at radius 1 is 1.00 bits per heavy atom. The lowest BCUT2D eigenvalue weighted by Gasteiger charge is -2.11. The van der Waals surface area contributed by atoms with E-state index in [1.807, 2.05) is 42.5 Å². The third kappa shape index (κ3) is 3.31. The fourth-order valence-corrected chi connectivity index (χ4v) is 2.10. The van der Waals surface area contributed by atoms with Crippen LogP contribution in [-0.2, 0) is 6.61 Å². The summed E-state index contributed by atoms with van der Waals surface area (Å²) in [4.78, 5) is 4.45. The van der Waals surface area contributed by atoms with Crippen LogP contribution in [0.3, 0.4) is 0 Å². The summed E-state index contributed by atoms with van der Waals surface area (Å²) in [6.07, 6.45) is 0. The highest BCUT2D eigenvalue weighted by molar-refractivity contribution is 6.02. The molecular weight excluding hydrogens is 272 g/mol. The first kappa shape index (κ1) is 14.4. The van der Waals surface area contributed by atoms with Gasteiger partial charge in [-0.2, -0.15) is 0 Å². The third-order valence-corrected chi connectivity index (χ3v) is 3.05. The maximum Gasteiger partial charge on any atom is 0.132 e. The number of amidine groups is 1. The summed E-state index contributed by atoms with van der Waals surface area (Å²) in [5.74, 6) is 1.81. The average molecular weight is 289 g/mol.